The molecule has 0 spiro atoms. The van der Waals surface area contributed by atoms with Crippen molar-refractivity contribution in [2.75, 3.05) is 6.54 Å². The predicted molar refractivity (Wildman–Crippen MR) is 88.1 cm³/mol. The molecule has 0 aliphatic rings. The van der Waals surface area contributed by atoms with Crippen LogP contribution < -0.4 is 5.32 Å². The smallest absolute Gasteiger partial charge is 0.0754 e. The SMILES string of the molecule is CCNC(c1ccc(Br)cn1)c1cc(C)c(C)cc1C. The second-order valence-electron chi connectivity index (χ2n) is 5.19. The molecule has 3 heteroatoms. The monoisotopic (exact) mass is 332 g/mol. The number of aromatic nitrogens is 1. The van der Waals surface area contributed by atoms with Gasteiger partial charge in [0.1, 0.15) is 0 Å². The van der Waals surface area contributed by atoms with Gasteiger partial charge >= 0.3 is 0 Å². The summed E-state index contributed by atoms with van der Waals surface area (Å²) in [5.74, 6) is 0. The predicted octanol–water partition coefficient (Wildman–Crippen LogP) is 4.47. The number of halogens is 1. The highest BCUT2D eigenvalue weighted by Crippen LogP contribution is 2.26. The Morgan fingerprint density at radius 2 is 1.80 bits per heavy atom. The summed E-state index contributed by atoms with van der Waals surface area (Å²) in [5.41, 5.74) is 6.34. The summed E-state index contributed by atoms with van der Waals surface area (Å²) in [6.45, 7) is 9.53. The maximum atomic E-state index is 4.56. The molecule has 1 N–H and O–H groups in total. The Bertz CT molecular complexity index is 591. The van der Waals surface area contributed by atoms with Crippen LogP contribution in [0.2, 0.25) is 0 Å². The molecular weight excluding hydrogens is 312 g/mol. The van der Waals surface area contributed by atoms with Crippen molar-refractivity contribution < 1.29 is 0 Å². The Balaban J connectivity index is 2.48. The van der Waals surface area contributed by atoms with E-state index in [1.54, 1.807) is 0 Å². The topological polar surface area (TPSA) is 24.9 Å². The van der Waals surface area contributed by atoms with Gasteiger partial charge in [0.15, 0.2) is 0 Å². The average Bonchev–Trinajstić information content (AvgIpc) is 2.42. The summed E-state index contributed by atoms with van der Waals surface area (Å²) in [5, 5.41) is 3.54. The molecule has 2 aromatic rings. The fraction of sp³-hybridized carbons (Fsp3) is 0.353. The molecule has 0 aliphatic heterocycles. The van der Waals surface area contributed by atoms with Crippen molar-refractivity contribution in [3.8, 4) is 0 Å². The van der Waals surface area contributed by atoms with Crippen molar-refractivity contribution in [2.45, 2.75) is 33.7 Å². The fourth-order valence-electron chi connectivity index (χ4n) is 2.43. The van der Waals surface area contributed by atoms with Gasteiger partial charge in [-0.1, -0.05) is 19.1 Å². The maximum absolute atomic E-state index is 4.56. The molecule has 0 bridgehead atoms. The van der Waals surface area contributed by atoms with Crippen LogP contribution in [0.25, 0.3) is 0 Å². The first-order valence-corrected chi connectivity index (χ1v) is 7.74. The summed E-state index contributed by atoms with van der Waals surface area (Å²) in [7, 11) is 0. The molecule has 0 aliphatic carbocycles. The number of nitrogens with one attached hydrogen (secondary N) is 1. The van der Waals surface area contributed by atoms with Gasteiger partial charge in [-0.3, -0.25) is 4.98 Å². The number of hydrogen-bond donors (Lipinski definition) is 1. The summed E-state index contributed by atoms with van der Waals surface area (Å²) >= 11 is 3.44. The third kappa shape index (κ3) is 3.28. The van der Waals surface area contributed by atoms with E-state index < -0.39 is 0 Å². The number of hydrogen-bond acceptors (Lipinski definition) is 2. The Hall–Kier alpha value is -1.19. The molecule has 0 radical (unpaired) electrons. The second kappa shape index (κ2) is 6.51. The number of aryl methyl sites for hydroxylation is 3. The van der Waals surface area contributed by atoms with E-state index in [-0.39, 0.29) is 6.04 Å². The molecule has 1 aromatic heterocycles. The molecule has 1 unspecified atom stereocenters. The van der Waals surface area contributed by atoms with Crippen LogP contribution in [0.15, 0.2) is 34.9 Å². The zero-order chi connectivity index (χ0) is 14.7. The molecule has 1 atom stereocenters. The molecule has 2 nitrogen and oxygen atoms in total. The Morgan fingerprint density at radius 3 is 2.40 bits per heavy atom. The lowest BCUT2D eigenvalue weighted by Gasteiger charge is -2.21. The molecule has 0 fully saturated rings. The first-order valence-electron chi connectivity index (χ1n) is 6.95. The van der Waals surface area contributed by atoms with Crippen molar-refractivity contribution in [3.63, 3.8) is 0 Å². The van der Waals surface area contributed by atoms with Gasteiger partial charge < -0.3 is 5.32 Å². The zero-order valence-electron chi connectivity index (χ0n) is 12.5. The van der Waals surface area contributed by atoms with Gasteiger partial charge in [0.05, 0.1) is 11.7 Å². The van der Waals surface area contributed by atoms with Gasteiger partial charge in [0, 0.05) is 10.7 Å². The van der Waals surface area contributed by atoms with Gasteiger partial charge in [0.25, 0.3) is 0 Å². The molecule has 20 heavy (non-hydrogen) atoms. The first-order chi connectivity index (χ1) is 9.52. The molecular formula is C17H21BrN2. The van der Waals surface area contributed by atoms with Crippen molar-refractivity contribution >= 4 is 15.9 Å². The maximum Gasteiger partial charge on any atom is 0.0754 e. The number of benzene rings is 1. The normalized spacial score (nSPS) is 12.4. The number of pyridine rings is 1. The molecule has 0 saturated heterocycles. The highest BCUT2D eigenvalue weighted by Gasteiger charge is 2.17. The van der Waals surface area contributed by atoms with E-state index in [9.17, 15) is 0 Å². The van der Waals surface area contributed by atoms with Gasteiger partial charge in [-0.05, 0) is 77.6 Å². The third-order valence-corrected chi connectivity index (χ3v) is 4.12. The molecule has 0 amide bonds. The van der Waals surface area contributed by atoms with Crippen LogP contribution in [0.5, 0.6) is 0 Å². The standard InChI is InChI=1S/C17H21BrN2/c1-5-19-17(16-7-6-14(18)10-20-16)15-9-12(3)11(2)8-13(15)4/h6-10,17,19H,5H2,1-4H3. The van der Waals surface area contributed by atoms with E-state index in [0.29, 0.717) is 0 Å². The van der Waals surface area contributed by atoms with E-state index in [4.69, 9.17) is 0 Å². The second-order valence-corrected chi connectivity index (χ2v) is 6.10. The van der Waals surface area contributed by atoms with Gasteiger partial charge in [-0.25, -0.2) is 0 Å². The highest BCUT2D eigenvalue weighted by molar-refractivity contribution is 9.10. The number of rotatable bonds is 4. The van der Waals surface area contributed by atoms with Crippen LogP contribution >= 0.6 is 15.9 Å². The van der Waals surface area contributed by atoms with Gasteiger partial charge in [-0.2, -0.15) is 0 Å². The van der Waals surface area contributed by atoms with Crippen LogP contribution in [-0.2, 0) is 0 Å². The van der Waals surface area contributed by atoms with Crippen LogP contribution in [0.4, 0.5) is 0 Å². The van der Waals surface area contributed by atoms with Crippen LogP contribution in [0.3, 0.4) is 0 Å². The lowest BCUT2D eigenvalue weighted by atomic mass is 9.94. The Morgan fingerprint density at radius 1 is 1.10 bits per heavy atom. The Kier molecular flexibility index (Phi) is 4.95. The van der Waals surface area contributed by atoms with Crippen LogP contribution in [-0.4, -0.2) is 11.5 Å². The quantitative estimate of drug-likeness (QED) is 0.893. The first kappa shape index (κ1) is 15.2. The van der Waals surface area contributed by atoms with Gasteiger partial charge in [-0.15, -0.1) is 0 Å². The van der Waals surface area contributed by atoms with E-state index in [1.165, 1.54) is 22.3 Å². The largest absolute Gasteiger partial charge is 0.305 e. The zero-order valence-corrected chi connectivity index (χ0v) is 14.1. The molecule has 106 valence electrons. The Labute approximate surface area is 129 Å². The molecule has 1 aromatic carbocycles. The minimum absolute atomic E-state index is 0.146. The van der Waals surface area contributed by atoms with Crippen LogP contribution in [0.1, 0.15) is 40.9 Å². The van der Waals surface area contributed by atoms with Crippen molar-refractivity contribution in [2.24, 2.45) is 0 Å². The number of nitrogens with zero attached hydrogens (tertiary/aromatic N) is 1. The van der Waals surface area contributed by atoms with Crippen LogP contribution in [0, 0.1) is 20.8 Å². The summed E-state index contributed by atoms with van der Waals surface area (Å²) in [6, 6.07) is 8.80. The van der Waals surface area contributed by atoms with Crippen molar-refractivity contribution in [1.82, 2.24) is 10.3 Å². The van der Waals surface area contributed by atoms with Gasteiger partial charge in [0.2, 0.25) is 0 Å². The molecule has 2 rings (SSSR count). The highest BCUT2D eigenvalue weighted by atomic mass is 79.9. The minimum Gasteiger partial charge on any atom is -0.305 e. The van der Waals surface area contributed by atoms with E-state index in [1.807, 2.05) is 12.3 Å². The summed E-state index contributed by atoms with van der Waals surface area (Å²) < 4.78 is 1.01. The lowest BCUT2D eigenvalue weighted by molar-refractivity contribution is 0.612. The van der Waals surface area contributed by atoms with Crippen molar-refractivity contribution in [3.05, 3.63) is 62.9 Å². The van der Waals surface area contributed by atoms with E-state index in [0.717, 1.165) is 16.7 Å². The van der Waals surface area contributed by atoms with E-state index >= 15 is 0 Å². The summed E-state index contributed by atoms with van der Waals surface area (Å²) in [6.07, 6.45) is 1.86. The molecule has 0 saturated carbocycles. The third-order valence-electron chi connectivity index (χ3n) is 3.65. The van der Waals surface area contributed by atoms with Crippen molar-refractivity contribution in [1.29, 1.82) is 0 Å². The van der Waals surface area contributed by atoms with E-state index in [2.05, 4.69) is 72.1 Å². The lowest BCUT2D eigenvalue weighted by Crippen LogP contribution is -2.24. The molecule has 1 heterocycles. The summed E-state index contributed by atoms with van der Waals surface area (Å²) in [4.78, 5) is 4.56. The minimum atomic E-state index is 0.146. The average molecular weight is 333 g/mol. The fourth-order valence-corrected chi connectivity index (χ4v) is 2.66.